The molecule has 1 aromatic rings. The summed E-state index contributed by atoms with van der Waals surface area (Å²) in [5.41, 5.74) is 1.68. The molecule has 0 bridgehead atoms. The Kier molecular flexibility index (Phi) is 5.25. The minimum Gasteiger partial charge on any atom is -0.508 e. The number of hydrogen-bond acceptors (Lipinski definition) is 1. The number of rotatable bonds is 6. The van der Waals surface area contributed by atoms with Crippen molar-refractivity contribution in [2.75, 3.05) is 0 Å². The molecule has 0 aliphatic carbocycles. The lowest BCUT2D eigenvalue weighted by Gasteiger charge is -2.36. The van der Waals surface area contributed by atoms with Crippen LogP contribution in [-0.4, -0.2) is 5.11 Å². The Balaban J connectivity index is 2.83. The largest absolute Gasteiger partial charge is 0.508 e. The van der Waals surface area contributed by atoms with Crippen molar-refractivity contribution in [1.82, 2.24) is 0 Å². The minimum atomic E-state index is 0.348. The normalized spacial score (nSPS) is 16.6. The molecule has 1 N–H and O–H groups in total. The molecule has 0 spiro atoms. The van der Waals surface area contributed by atoms with Gasteiger partial charge in [0.1, 0.15) is 5.75 Å². The average Bonchev–Trinajstić information content (AvgIpc) is 2.36. The highest BCUT2D eigenvalue weighted by Gasteiger charge is 2.30. The quantitative estimate of drug-likeness (QED) is 0.719. The highest BCUT2D eigenvalue weighted by atomic mass is 16.3. The van der Waals surface area contributed by atoms with E-state index in [-0.39, 0.29) is 0 Å². The molecule has 0 fully saturated rings. The van der Waals surface area contributed by atoms with Crippen molar-refractivity contribution in [3.05, 3.63) is 29.8 Å². The topological polar surface area (TPSA) is 20.2 Å². The van der Waals surface area contributed by atoms with Crippen LogP contribution in [0.1, 0.15) is 65.4 Å². The van der Waals surface area contributed by atoms with E-state index in [2.05, 4.69) is 46.8 Å². The first kappa shape index (κ1) is 15.1. The van der Waals surface area contributed by atoms with Gasteiger partial charge >= 0.3 is 0 Å². The van der Waals surface area contributed by atoms with Crippen LogP contribution < -0.4 is 0 Å². The Hall–Kier alpha value is -0.980. The predicted molar refractivity (Wildman–Crippen MR) is 79.0 cm³/mol. The van der Waals surface area contributed by atoms with Crippen LogP contribution in [0.25, 0.3) is 0 Å². The van der Waals surface area contributed by atoms with E-state index in [4.69, 9.17) is 0 Å². The van der Waals surface area contributed by atoms with Gasteiger partial charge in [0.2, 0.25) is 0 Å². The van der Waals surface area contributed by atoms with Crippen LogP contribution in [0.4, 0.5) is 0 Å². The number of aromatic hydroxyl groups is 1. The minimum absolute atomic E-state index is 0.348. The summed E-state index contributed by atoms with van der Waals surface area (Å²) in [5, 5.41) is 9.37. The third kappa shape index (κ3) is 3.76. The number of benzene rings is 1. The summed E-state index contributed by atoms with van der Waals surface area (Å²) in [4.78, 5) is 0. The second-order valence-electron chi connectivity index (χ2n) is 6.25. The molecule has 0 saturated carbocycles. The monoisotopic (exact) mass is 248 g/mol. The third-order valence-electron chi connectivity index (χ3n) is 4.54. The van der Waals surface area contributed by atoms with Crippen molar-refractivity contribution in [3.63, 3.8) is 0 Å². The molecule has 0 radical (unpaired) electrons. The van der Waals surface area contributed by atoms with E-state index in [1.165, 1.54) is 24.8 Å². The maximum atomic E-state index is 9.37. The van der Waals surface area contributed by atoms with Crippen molar-refractivity contribution in [2.45, 2.75) is 59.8 Å². The van der Waals surface area contributed by atoms with Gasteiger partial charge in [0, 0.05) is 0 Å². The molecule has 2 atom stereocenters. The van der Waals surface area contributed by atoms with Crippen LogP contribution in [0.2, 0.25) is 0 Å². The molecule has 2 unspecified atom stereocenters. The summed E-state index contributed by atoms with van der Waals surface area (Å²) in [7, 11) is 0. The fraction of sp³-hybridized carbons (Fsp3) is 0.647. The van der Waals surface area contributed by atoms with Gasteiger partial charge in [-0.15, -0.1) is 0 Å². The van der Waals surface area contributed by atoms with Gasteiger partial charge in [-0.1, -0.05) is 59.6 Å². The molecule has 0 aromatic heterocycles. The Labute approximate surface area is 112 Å². The van der Waals surface area contributed by atoms with Gasteiger partial charge in [-0.05, 0) is 41.4 Å². The third-order valence-corrected chi connectivity index (χ3v) is 4.54. The summed E-state index contributed by atoms with van der Waals surface area (Å²) < 4.78 is 0. The Morgan fingerprint density at radius 1 is 1.11 bits per heavy atom. The molecular formula is C17H28O. The highest BCUT2D eigenvalue weighted by Crippen LogP contribution is 2.43. The second-order valence-corrected chi connectivity index (χ2v) is 6.25. The van der Waals surface area contributed by atoms with Gasteiger partial charge in [0.25, 0.3) is 0 Å². The maximum Gasteiger partial charge on any atom is 0.115 e. The Bertz CT molecular complexity index is 352. The molecule has 0 aliphatic rings. The summed E-state index contributed by atoms with van der Waals surface area (Å²) in [6.07, 6.45) is 3.75. The van der Waals surface area contributed by atoms with Crippen molar-refractivity contribution in [3.8, 4) is 5.75 Å². The van der Waals surface area contributed by atoms with Crippen LogP contribution in [-0.2, 0) is 0 Å². The number of phenolic OH excluding ortho intramolecular Hbond substituents is 1. The Morgan fingerprint density at radius 2 is 1.67 bits per heavy atom. The summed E-state index contributed by atoms with van der Waals surface area (Å²) >= 11 is 0. The molecule has 1 rings (SSSR count). The van der Waals surface area contributed by atoms with Crippen molar-refractivity contribution in [1.29, 1.82) is 0 Å². The molecule has 1 aromatic carbocycles. The van der Waals surface area contributed by atoms with Gasteiger partial charge in [-0.2, -0.15) is 0 Å². The zero-order chi connectivity index (χ0) is 13.8. The van der Waals surface area contributed by atoms with Crippen molar-refractivity contribution in [2.24, 2.45) is 11.3 Å². The lowest BCUT2D eigenvalue weighted by molar-refractivity contribution is 0.215. The zero-order valence-electron chi connectivity index (χ0n) is 12.5. The maximum absolute atomic E-state index is 9.37. The van der Waals surface area contributed by atoms with Gasteiger partial charge in [-0.3, -0.25) is 0 Å². The van der Waals surface area contributed by atoms with Crippen LogP contribution in [0.15, 0.2) is 24.3 Å². The fourth-order valence-corrected chi connectivity index (χ4v) is 2.48. The second kappa shape index (κ2) is 6.26. The van der Waals surface area contributed by atoms with Crippen molar-refractivity contribution >= 4 is 0 Å². The average molecular weight is 248 g/mol. The molecular weight excluding hydrogens is 220 g/mol. The standard InChI is InChI=1S/C17H28O/c1-6-17(5,12-11-13(2)3)14(4)15-7-9-16(18)10-8-15/h7-10,13-14,18H,6,11-12H2,1-5H3. The molecule has 0 heterocycles. The zero-order valence-corrected chi connectivity index (χ0v) is 12.5. The fourth-order valence-electron chi connectivity index (χ4n) is 2.48. The molecule has 0 saturated heterocycles. The van der Waals surface area contributed by atoms with E-state index < -0.39 is 0 Å². The first-order valence-corrected chi connectivity index (χ1v) is 7.18. The van der Waals surface area contributed by atoms with Crippen LogP contribution >= 0.6 is 0 Å². The Morgan fingerprint density at radius 3 is 2.11 bits per heavy atom. The predicted octanol–water partition coefficient (Wildman–Crippen LogP) is 5.35. The summed E-state index contributed by atoms with van der Waals surface area (Å²) in [6, 6.07) is 7.71. The highest BCUT2D eigenvalue weighted by molar-refractivity contribution is 5.29. The first-order chi connectivity index (χ1) is 8.39. The molecule has 18 heavy (non-hydrogen) atoms. The number of hydrogen-bond donors (Lipinski definition) is 1. The van der Waals surface area contributed by atoms with Crippen LogP contribution in [0.3, 0.4) is 0 Å². The van der Waals surface area contributed by atoms with E-state index in [0.717, 1.165) is 5.92 Å². The molecule has 1 heteroatoms. The van der Waals surface area contributed by atoms with E-state index in [9.17, 15) is 5.11 Å². The number of phenols is 1. The molecule has 0 aliphatic heterocycles. The van der Waals surface area contributed by atoms with Gasteiger partial charge < -0.3 is 5.11 Å². The van der Waals surface area contributed by atoms with Gasteiger partial charge in [0.15, 0.2) is 0 Å². The summed E-state index contributed by atoms with van der Waals surface area (Å²) in [5.74, 6) is 1.65. The van der Waals surface area contributed by atoms with Gasteiger partial charge in [0.05, 0.1) is 0 Å². The van der Waals surface area contributed by atoms with E-state index in [0.29, 0.717) is 17.1 Å². The van der Waals surface area contributed by atoms with Crippen LogP contribution in [0, 0.1) is 11.3 Å². The lowest BCUT2D eigenvalue weighted by atomic mass is 9.69. The lowest BCUT2D eigenvalue weighted by Crippen LogP contribution is -2.23. The van der Waals surface area contributed by atoms with Gasteiger partial charge in [-0.25, -0.2) is 0 Å². The molecule has 102 valence electrons. The van der Waals surface area contributed by atoms with Crippen molar-refractivity contribution < 1.29 is 5.11 Å². The van der Waals surface area contributed by atoms with Crippen LogP contribution in [0.5, 0.6) is 5.75 Å². The van der Waals surface area contributed by atoms with E-state index in [1.807, 2.05) is 0 Å². The SMILES string of the molecule is CCC(C)(CCC(C)C)C(C)c1ccc(O)cc1. The van der Waals surface area contributed by atoms with E-state index >= 15 is 0 Å². The molecule has 0 amide bonds. The summed E-state index contributed by atoms with van der Waals surface area (Å²) in [6.45, 7) is 11.6. The molecule has 1 nitrogen and oxygen atoms in total. The first-order valence-electron chi connectivity index (χ1n) is 7.18. The van der Waals surface area contributed by atoms with E-state index in [1.54, 1.807) is 12.1 Å². The smallest absolute Gasteiger partial charge is 0.115 e.